The summed E-state index contributed by atoms with van der Waals surface area (Å²) in [4.78, 5) is 0.112. The van der Waals surface area contributed by atoms with Gasteiger partial charge in [-0.15, -0.1) is 0 Å². The molecule has 0 atom stereocenters. The Balaban J connectivity index is 1.79. The highest BCUT2D eigenvalue weighted by atomic mass is 32.2. The average Bonchev–Trinajstić information content (AvgIpc) is 2.71. The molecule has 0 radical (unpaired) electrons. The van der Waals surface area contributed by atoms with Crippen LogP contribution in [0.5, 0.6) is 11.5 Å². The van der Waals surface area contributed by atoms with E-state index < -0.39 is 20.0 Å². The second-order valence-corrected chi connectivity index (χ2v) is 10.8. The Morgan fingerprint density at radius 1 is 1.03 bits per heavy atom. The van der Waals surface area contributed by atoms with Gasteiger partial charge in [0.25, 0.3) is 0 Å². The van der Waals surface area contributed by atoms with Crippen LogP contribution >= 0.6 is 0 Å². The lowest BCUT2D eigenvalue weighted by Crippen LogP contribution is -2.37. The van der Waals surface area contributed by atoms with Gasteiger partial charge in [-0.05, 0) is 61.2 Å². The number of sulfonamides is 2. The second-order valence-electron chi connectivity index (χ2n) is 7.06. The van der Waals surface area contributed by atoms with E-state index in [0.717, 1.165) is 6.42 Å². The molecule has 0 aliphatic carbocycles. The van der Waals surface area contributed by atoms with Crippen molar-refractivity contribution in [3.8, 4) is 11.5 Å². The Labute approximate surface area is 177 Å². The number of anilines is 1. The topological polar surface area (TPSA) is 102 Å². The Morgan fingerprint density at radius 2 is 1.77 bits per heavy atom. The molecule has 2 aromatic carbocycles. The Hall–Kier alpha value is -2.30. The van der Waals surface area contributed by atoms with Crippen LogP contribution in [0, 0.1) is 6.92 Å². The monoisotopic (exact) mass is 454 g/mol. The molecule has 0 bridgehead atoms. The number of nitrogens with one attached hydrogen (secondary N) is 1. The number of benzene rings is 2. The van der Waals surface area contributed by atoms with Crippen molar-refractivity contribution in [1.82, 2.24) is 4.72 Å². The summed E-state index contributed by atoms with van der Waals surface area (Å²) in [5.74, 6) is 1.18. The molecular weight excluding hydrogens is 428 g/mol. The van der Waals surface area contributed by atoms with Gasteiger partial charge in [0.05, 0.1) is 30.6 Å². The van der Waals surface area contributed by atoms with Crippen LogP contribution in [0.3, 0.4) is 0 Å². The molecule has 30 heavy (non-hydrogen) atoms. The van der Waals surface area contributed by atoms with Crippen LogP contribution in [0.4, 0.5) is 5.69 Å². The van der Waals surface area contributed by atoms with Gasteiger partial charge in [0.2, 0.25) is 20.0 Å². The Bertz CT molecular complexity index is 1130. The molecular formula is C20H26N2O6S2. The fourth-order valence-corrected chi connectivity index (χ4v) is 6.29. The highest BCUT2D eigenvalue weighted by Crippen LogP contribution is 2.29. The van der Waals surface area contributed by atoms with E-state index >= 15 is 0 Å². The molecule has 3 rings (SSSR count). The van der Waals surface area contributed by atoms with E-state index in [4.69, 9.17) is 9.47 Å². The number of hydrogen-bond donors (Lipinski definition) is 1. The molecule has 1 heterocycles. The fraction of sp³-hybridized carbons (Fsp3) is 0.400. The summed E-state index contributed by atoms with van der Waals surface area (Å²) in [6.45, 7) is 2.14. The second kappa shape index (κ2) is 8.83. The molecule has 0 aromatic heterocycles. The van der Waals surface area contributed by atoms with Crippen LogP contribution in [0.2, 0.25) is 0 Å². The van der Waals surface area contributed by atoms with Crippen molar-refractivity contribution < 1.29 is 26.3 Å². The molecule has 0 spiro atoms. The number of nitrogens with zero attached hydrogens (tertiary/aromatic N) is 1. The van der Waals surface area contributed by atoms with Crippen LogP contribution in [0.25, 0.3) is 0 Å². The van der Waals surface area contributed by atoms with Crippen LogP contribution in [0.1, 0.15) is 24.0 Å². The maximum atomic E-state index is 12.8. The van der Waals surface area contributed by atoms with Gasteiger partial charge < -0.3 is 9.47 Å². The van der Waals surface area contributed by atoms with Crippen molar-refractivity contribution in [2.75, 3.05) is 30.8 Å². The SMILES string of the molecule is COc1ccc(CNS(=O)(=O)c2ccc(N3CCCCS3(=O)=O)cc2C)cc1OC. The smallest absolute Gasteiger partial charge is 0.241 e. The number of aryl methyl sites for hydroxylation is 1. The summed E-state index contributed by atoms with van der Waals surface area (Å²) in [6, 6.07) is 9.77. The minimum atomic E-state index is -3.79. The van der Waals surface area contributed by atoms with Crippen molar-refractivity contribution >= 4 is 25.7 Å². The third-order valence-corrected chi connectivity index (χ3v) is 8.43. The van der Waals surface area contributed by atoms with Gasteiger partial charge in [-0.1, -0.05) is 6.07 Å². The zero-order chi connectivity index (χ0) is 21.9. The summed E-state index contributed by atoms with van der Waals surface area (Å²) in [6.07, 6.45) is 1.43. The lowest BCUT2D eigenvalue weighted by atomic mass is 10.2. The first-order valence-corrected chi connectivity index (χ1v) is 12.6. The molecule has 0 unspecified atom stereocenters. The molecule has 10 heteroatoms. The van der Waals surface area contributed by atoms with E-state index in [1.165, 1.54) is 24.6 Å². The number of methoxy groups -OCH3 is 2. The summed E-state index contributed by atoms with van der Waals surface area (Å²) in [5, 5.41) is 0. The molecule has 2 aromatic rings. The van der Waals surface area contributed by atoms with Crippen LogP contribution in [-0.2, 0) is 26.6 Å². The summed E-state index contributed by atoms with van der Waals surface area (Å²) in [7, 11) is -4.10. The minimum Gasteiger partial charge on any atom is -0.493 e. The maximum absolute atomic E-state index is 12.8. The van der Waals surface area contributed by atoms with Gasteiger partial charge in [-0.2, -0.15) is 0 Å². The van der Waals surface area contributed by atoms with E-state index in [0.29, 0.717) is 41.3 Å². The Kier molecular flexibility index (Phi) is 6.59. The van der Waals surface area contributed by atoms with Crippen molar-refractivity contribution in [2.24, 2.45) is 0 Å². The summed E-state index contributed by atoms with van der Waals surface area (Å²) in [5.41, 5.74) is 1.68. The van der Waals surface area contributed by atoms with Gasteiger partial charge in [0.15, 0.2) is 11.5 Å². The van der Waals surface area contributed by atoms with Crippen molar-refractivity contribution in [3.05, 3.63) is 47.5 Å². The zero-order valence-corrected chi connectivity index (χ0v) is 18.8. The minimum absolute atomic E-state index is 0.0738. The first kappa shape index (κ1) is 22.4. The highest BCUT2D eigenvalue weighted by Gasteiger charge is 2.27. The molecule has 164 valence electrons. The van der Waals surface area contributed by atoms with Crippen molar-refractivity contribution in [3.63, 3.8) is 0 Å². The largest absolute Gasteiger partial charge is 0.493 e. The molecule has 1 N–H and O–H groups in total. The molecule has 0 amide bonds. The van der Waals surface area contributed by atoms with Gasteiger partial charge in [0.1, 0.15) is 0 Å². The van der Waals surface area contributed by atoms with E-state index in [2.05, 4.69) is 4.72 Å². The predicted octanol–water partition coefficient (Wildman–Crippen LogP) is 2.42. The zero-order valence-electron chi connectivity index (χ0n) is 17.2. The first-order valence-electron chi connectivity index (χ1n) is 9.49. The van der Waals surface area contributed by atoms with Crippen molar-refractivity contribution in [1.29, 1.82) is 0 Å². The van der Waals surface area contributed by atoms with Crippen LogP contribution in [0.15, 0.2) is 41.3 Å². The maximum Gasteiger partial charge on any atom is 0.241 e. The lowest BCUT2D eigenvalue weighted by Gasteiger charge is -2.28. The van der Waals surface area contributed by atoms with E-state index in [1.807, 2.05) is 0 Å². The molecule has 1 aliphatic heterocycles. The summed E-state index contributed by atoms with van der Waals surface area (Å²) < 4.78 is 64.6. The third-order valence-electron chi connectivity index (χ3n) is 5.00. The fourth-order valence-electron chi connectivity index (χ4n) is 3.42. The number of hydrogen-bond acceptors (Lipinski definition) is 6. The lowest BCUT2D eigenvalue weighted by molar-refractivity contribution is 0.354. The van der Waals surface area contributed by atoms with Gasteiger partial charge in [0, 0.05) is 13.1 Å². The predicted molar refractivity (Wildman–Crippen MR) is 115 cm³/mol. The van der Waals surface area contributed by atoms with Gasteiger partial charge >= 0.3 is 0 Å². The van der Waals surface area contributed by atoms with Crippen molar-refractivity contribution in [2.45, 2.75) is 31.2 Å². The molecule has 1 aliphatic rings. The molecule has 8 nitrogen and oxygen atoms in total. The van der Waals surface area contributed by atoms with E-state index in [1.54, 1.807) is 37.3 Å². The van der Waals surface area contributed by atoms with Crippen LogP contribution < -0.4 is 18.5 Å². The van der Waals surface area contributed by atoms with E-state index in [9.17, 15) is 16.8 Å². The molecule has 1 fully saturated rings. The van der Waals surface area contributed by atoms with Gasteiger partial charge in [-0.25, -0.2) is 21.6 Å². The van der Waals surface area contributed by atoms with E-state index in [-0.39, 0.29) is 17.2 Å². The highest BCUT2D eigenvalue weighted by molar-refractivity contribution is 7.92. The average molecular weight is 455 g/mol. The molecule has 1 saturated heterocycles. The summed E-state index contributed by atoms with van der Waals surface area (Å²) >= 11 is 0. The number of rotatable bonds is 7. The standard InChI is InChI=1S/C20H26N2O6S2/c1-15-12-17(22-10-4-5-11-29(22,23)24)7-9-20(15)30(25,26)21-14-16-6-8-18(27-2)19(13-16)28-3/h6-9,12-13,21H,4-5,10-11,14H2,1-3H3. The van der Waals surface area contributed by atoms with Crippen LogP contribution in [-0.4, -0.2) is 43.4 Å². The number of ether oxygens (including phenoxy) is 2. The molecule has 0 saturated carbocycles. The normalized spacial score (nSPS) is 16.3. The Morgan fingerprint density at radius 3 is 2.40 bits per heavy atom. The third kappa shape index (κ3) is 4.71. The van der Waals surface area contributed by atoms with Gasteiger partial charge in [-0.3, -0.25) is 4.31 Å². The first-order chi connectivity index (χ1) is 14.2. The quantitative estimate of drug-likeness (QED) is 0.689.